The molecule has 0 aliphatic carbocycles. The van der Waals surface area contributed by atoms with Gasteiger partial charge in [0, 0.05) is 19.3 Å². The van der Waals surface area contributed by atoms with Crippen LogP contribution in [0.2, 0.25) is 0 Å². The first-order valence-electron chi connectivity index (χ1n) is 8.44. The Morgan fingerprint density at radius 1 is 1.28 bits per heavy atom. The Kier molecular flexibility index (Phi) is 6.55. The SMILES string of the molecule is CCCS(=O)(=O)N1CCCC1C(=O)N(C)CC(=O)Nc1ccccc1. The van der Waals surface area contributed by atoms with Crippen molar-refractivity contribution < 1.29 is 18.0 Å². The molecular formula is C17H25N3O4S. The number of hydrogen-bond donors (Lipinski definition) is 1. The molecule has 7 nitrogen and oxygen atoms in total. The summed E-state index contributed by atoms with van der Waals surface area (Å²) in [6, 6.07) is 8.27. The molecule has 1 aromatic carbocycles. The van der Waals surface area contributed by atoms with Gasteiger partial charge in [-0.25, -0.2) is 8.42 Å². The third kappa shape index (κ3) is 5.02. The van der Waals surface area contributed by atoms with E-state index in [-0.39, 0.29) is 24.1 Å². The monoisotopic (exact) mass is 367 g/mol. The Bertz CT molecular complexity index is 706. The van der Waals surface area contributed by atoms with Crippen LogP contribution in [0.1, 0.15) is 26.2 Å². The second-order valence-electron chi connectivity index (χ2n) is 6.19. The first-order valence-corrected chi connectivity index (χ1v) is 10.1. The third-order valence-corrected chi connectivity index (χ3v) is 6.20. The number of carbonyl (C=O) groups excluding carboxylic acids is 2. The highest BCUT2D eigenvalue weighted by Crippen LogP contribution is 2.23. The number of hydrogen-bond acceptors (Lipinski definition) is 4. The van der Waals surface area contributed by atoms with E-state index in [1.807, 2.05) is 6.07 Å². The van der Waals surface area contributed by atoms with E-state index in [0.29, 0.717) is 31.5 Å². The minimum Gasteiger partial charge on any atom is -0.335 e. The van der Waals surface area contributed by atoms with Crippen LogP contribution in [0.25, 0.3) is 0 Å². The minimum atomic E-state index is -3.43. The normalized spacial score (nSPS) is 18.1. The second-order valence-corrected chi connectivity index (χ2v) is 8.23. The molecule has 25 heavy (non-hydrogen) atoms. The molecule has 0 saturated carbocycles. The molecular weight excluding hydrogens is 342 g/mol. The summed E-state index contributed by atoms with van der Waals surface area (Å²) in [5.74, 6) is -0.613. The Balaban J connectivity index is 1.98. The van der Waals surface area contributed by atoms with E-state index in [4.69, 9.17) is 0 Å². The Morgan fingerprint density at radius 2 is 1.96 bits per heavy atom. The van der Waals surface area contributed by atoms with Gasteiger partial charge in [-0.15, -0.1) is 0 Å². The summed E-state index contributed by atoms with van der Waals surface area (Å²) in [7, 11) is -1.91. The molecule has 0 radical (unpaired) electrons. The van der Waals surface area contributed by atoms with Gasteiger partial charge in [0.2, 0.25) is 21.8 Å². The molecule has 0 spiro atoms. The van der Waals surface area contributed by atoms with Crippen LogP contribution in [0.4, 0.5) is 5.69 Å². The largest absolute Gasteiger partial charge is 0.335 e. The summed E-state index contributed by atoms with van der Waals surface area (Å²) in [4.78, 5) is 26.0. The maximum absolute atomic E-state index is 12.6. The molecule has 138 valence electrons. The van der Waals surface area contributed by atoms with E-state index >= 15 is 0 Å². The topological polar surface area (TPSA) is 86.8 Å². The van der Waals surface area contributed by atoms with Gasteiger partial charge < -0.3 is 10.2 Å². The van der Waals surface area contributed by atoms with Crippen molar-refractivity contribution in [3.05, 3.63) is 30.3 Å². The van der Waals surface area contributed by atoms with E-state index in [0.717, 1.165) is 0 Å². The standard InChI is InChI=1S/C17H25N3O4S/c1-3-12-25(23,24)20-11-7-10-15(20)17(22)19(2)13-16(21)18-14-8-5-4-6-9-14/h4-6,8-9,15H,3,7,10-13H2,1-2H3,(H,18,21). The van der Waals surface area contributed by atoms with Crippen LogP contribution in [0, 0.1) is 0 Å². The fourth-order valence-corrected chi connectivity index (χ4v) is 4.71. The number of rotatable bonds is 7. The lowest BCUT2D eigenvalue weighted by atomic mass is 10.2. The highest BCUT2D eigenvalue weighted by Gasteiger charge is 2.39. The fourth-order valence-electron chi connectivity index (χ4n) is 2.96. The molecule has 1 N–H and O–H groups in total. The number of para-hydroxylation sites is 1. The van der Waals surface area contributed by atoms with Crippen molar-refractivity contribution in [3.63, 3.8) is 0 Å². The minimum absolute atomic E-state index is 0.0367. The van der Waals surface area contributed by atoms with Gasteiger partial charge in [-0.1, -0.05) is 25.1 Å². The number of sulfonamides is 1. The summed E-state index contributed by atoms with van der Waals surface area (Å²) in [6.45, 7) is 2.04. The molecule has 2 rings (SSSR count). The van der Waals surface area contributed by atoms with Crippen LogP contribution in [-0.4, -0.2) is 61.4 Å². The summed E-state index contributed by atoms with van der Waals surface area (Å²) < 4.78 is 25.9. The Hall–Kier alpha value is -1.93. The highest BCUT2D eigenvalue weighted by atomic mass is 32.2. The third-order valence-electron chi connectivity index (χ3n) is 4.12. The van der Waals surface area contributed by atoms with Gasteiger partial charge >= 0.3 is 0 Å². The Morgan fingerprint density at radius 3 is 2.60 bits per heavy atom. The number of amides is 2. The smallest absolute Gasteiger partial charge is 0.243 e. The highest BCUT2D eigenvalue weighted by molar-refractivity contribution is 7.89. The fraction of sp³-hybridized carbons (Fsp3) is 0.529. The predicted octanol–water partition coefficient (Wildman–Crippen LogP) is 1.29. The van der Waals surface area contributed by atoms with Gasteiger partial charge in [0.1, 0.15) is 6.04 Å². The average molecular weight is 367 g/mol. The lowest BCUT2D eigenvalue weighted by Gasteiger charge is -2.27. The molecule has 1 aromatic rings. The van der Waals surface area contributed by atoms with Gasteiger partial charge in [-0.05, 0) is 31.4 Å². The van der Waals surface area contributed by atoms with Crippen LogP contribution >= 0.6 is 0 Å². The lowest BCUT2D eigenvalue weighted by Crippen LogP contribution is -2.48. The zero-order valence-corrected chi connectivity index (χ0v) is 15.5. The average Bonchev–Trinajstić information content (AvgIpc) is 3.05. The van der Waals surface area contributed by atoms with Crippen molar-refractivity contribution in [2.24, 2.45) is 0 Å². The molecule has 1 aliphatic heterocycles. The van der Waals surface area contributed by atoms with E-state index < -0.39 is 16.1 Å². The van der Waals surface area contributed by atoms with Crippen molar-refractivity contribution in [1.29, 1.82) is 0 Å². The van der Waals surface area contributed by atoms with Crippen molar-refractivity contribution >= 4 is 27.5 Å². The lowest BCUT2D eigenvalue weighted by molar-refractivity contribution is -0.136. The van der Waals surface area contributed by atoms with E-state index in [1.54, 1.807) is 31.2 Å². The number of benzene rings is 1. The van der Waals surface area contributed by atoms with Crippen molar-refractivity contribution in [2.45, 2.75) is 32.2 Å². The molecule has 8 heteroatoms. The molecule has 1 unspecified atom stereocenters. The Labute approximate surface area is 149 Å². The summed E-state index contributed by atoms with van der Waals surface area (Å²) in [5, 5.41) is 2.72. The number of likely N-dealkylation sites (N-methyl/N-ethyl adjacent to an activating group) is 1. The van der Waals surface area contributed by atoms with Crippen LogP contribution in [0.15, 0.2) is 30.3 Å². The molecule has 0 aromatic heterocycles. The van der Waals surface area contributed by atoms with Crippen LogP contribution in [0.3, 0.4) is 0 Å². The van der Waals surface area contributed by atoms with Crippen LogP contribution < -0.4 is 5.32 Å². The van der Waals surface area contributed by atoms with Crippen molar-refractivity contribution in [2.75, 3.05) is 31.2 Å². The number of nitrogens with zero attached hydrogens (tertiary/aromatic N) is 2. The molecule has 1 heterocycles. The first kappa shape index (κ1) is 19.4. The van der Waals surface area contributed by atoms with E-state index in [9.17, 15) is 18.0 Å². The van der Waals surface area contributed by atoms with Crippen LogP contribution in [-0.2, 0) is 19.6 Å². The molecule has 2 amide bonds. The second kappa shape index (κ2) is 8.44. The van der Waals surface area contributed by atoms with Gasteiger partial charge in [0.25, 0.3) is 0 Å². The number of anilines is 1. The summed E-state index contributed by atoms with van der Waals surface area (Å²) in [6.07, 6.45) is 1.66. The molecule has 0 bridgehead atoms. The first-order chi connectivity index (χ1) is 11.8. The van der Waals surface area contributed by atoms with E-state index in [1.165, 1.54) is 16.3 Å². The molecule has 1 saturated heterocycles. The molecule has 1 atom stereocenters. The molecule has 1 fully saturated rings. The predicted molar refractivity (Wildman–Crippen MR) is 96.5 cm³/mol. The van der Waals surface area contributed by atoms with Gasteiger partial charge in [-0.2, -0.15) is 4.31 Å². The summed E-state index contributed by atoms with van der Waals surface area (Å²) in [5.41, 5.74) is 0.654. The maximum Gasteiger partial charge on any atom is 0.243 e. The van der Waals surface area contributed by atoms with Crippen molar-refractivity contribution in [3.8, 4) is 0 Å². The van der Waals surface area contributed by atoms with E-state index in [2.05, 4.69) is 5.32 Å². The zero-order valence-electron chi connectivity index (χ0n) is 14.6. The molecule has 1 aliphatic rings. The maximum atomic E-state index is 12.6. The quantitative estimate of drug-likeness (QED) is 0.787. The van der Waals surface area contributed by atoms with Gasteiger partial charge in [0.15, 0.2) is 0 Å². The van der Waals surface area contributed by atoms with Gasteiger partial charge in [-0.3, -0.25) is 9.59 Å². The van der Waals surface area contributed by atoms with Gasteiger partial charge in [0.05, 0.1) is 12.3 Å². The van der Waals surface area contributed by atoms with Crippen LogP contribution in [0.5, 0.6) is 0 Å². The van der Waals surface area contributed by atoms with Crippen molar-refractivity contribution in [1.82, 2.24) is 9.21 Å². The summed E-state index contributed by atoms with van der Waals surface area (Å²) >= 11 is 0. The number of nitrogens with one attached hydrogen (secondary N) is 1. The number of carbonyl (C=O) groups is 2. The zero-order chi connectivity index (χ0) is 18.4.